The summed E-state index contributed by atoms with van der Waals surface area (Å²) < 4.78 is 25.1. The number of benzene rings is 1. The molecule has 20 heavy (non-hydrogen) atoms. The summed E-state index contributed by atoms with van der Waals surface area (Å²) in [5, 5.41) is 3.30. The van der Waals surface area contributed by atoms with Crippen LogP contribution < -0.4 is 5.32 Å². The summed E-state index contributed by atoms with van der Waals surface area (Å²) in [6.07, 6.45) is 0. The van der Waals surface area contributed by atoms with Crippen molar-refractivity contribution in [3.05, 3.63) is 24.3 Å². The van der Waals surface area contributed by atoms with E-state index in [1.807, 2.05) is 0 Å². The minimum atomic E-state index is -3.34. The van der Waals surface area contributed by atoms with E-state index in [2.05, 4.69) is 24.1 Å². The average molecular weight is 299 g/mol. The number of sulfonamides is 1. The highest BCUT2D eigenvalue weighted by atomic mass is 32.2. The molecule has 0 saturated heterocycles. The van der Waals surface area contributed by atoms with E-state index in [1.54, 1.807) is 24.3 Å². The smallest absolute Gasteiger partial charge is 0.242 e. The molecule has 0 atom stereocenters. The number of nitrogens with zero attached hydrogens (tertiary/aromatic N) is 2. The molecule has 1 aromatic carbocycles. The van der Waals surface area contributed by atoms with Crippen molar-refractivity contribution in [3.63, 3.8) is 0 Å². The van der Waals surface area contributed by atoms with Gasteiger partial charge in [-0.25, -0.2) is 12.7 Å². The number of anilines is 1. The Hall–Kier alpha value is -1.11. The van der Waals surface area contributed by atoms with Crippen molar-refractivity contribution in [2.75, 3.05) is 45.6 Å². The molecular weight excluding hydrogens is 274 g/mol. The second-order valence-corrected chi connectivity index (χ2v) is 6.92. The molecule has 5 nitrogen and oxygen atoms in total. The summed E-state index contributed by atoms with van der Waals surface area (Å²) in [5.74, 6) is 0. The van der Waals surface area contributed by atoms with Crippen LogP contribution in [0.5, 0.6) is 0 Å². The molecule has 114 valence electrons. The van der Waals surface area contributed by atoms with E-state index in [4.69, 9.17) is 0 Å². The molecule has 0 unspecified atom stereocenters. The zero-order valence-corrected chi connectivity index (χ0v) is 13.6. The third-order valence-corrected chi connectivity index (χ3v) is 5.11. The summed E-state index contributed by atoms with van der Waals surface area (Å²) in [5.41, 5.74) is 0.940. The summed E-state index contributed by atoms with van der Waals surface area (Å²) in [6, 6.07) is 6.88. The molecule has 1 aromatic rings. The summed E-state index contributed by atoms with van der Waals surface area (Å²) in [6.45, 7) is 8.19. The van der Waals surface area contributed by atoms with Gasteiger partial charge in [-0.3, -0.25) is 0 Å². The van der Waals surface area contributed by atoms with E-state index in [0.29, 0.717) is 4.90 Å². The van der Waals surface area contributed by atoms with E-state index in [9.17, 15) is 8.42 Å². The van der Waals surface area contributed by atoms with E-state index < -0.39 is 10.0 Å². The molecule has 0 heterocycles. The third-order valence-electron chi connectivity index (χ3n) is 3.28. The highest BCUT2D eigenvalue weighted by molar-refractivity contribution is 7.89. The molecule has 0 spiro atoms. The van der Waals surface area contributed by atoms with Crippen LogP contribution in [0, 0.1) is 0 Å². The first kappa shape index (κ1) is 16.9. The average Bonchev–Trinajstić information content (AvgIpc) is 2.44. The monoisotopic (exact) mass is 299 g/mol. The molecular formula is C14H25N3O2S. The first-order valence-corrected chi connectivity index (χ1v) is 8.34. The molecule has 0 radical (unpaired) electrons. The maximum atomic E-state index is 11.9. The van der Waals surface area contributed by atoms with Gasteiger partial charge >= 0.3 is 0 Å². The predicted molar refractivity (Wildman–Crippen MR) is 83.6 cm³/mol. The molecule has 0 aromatic heterocycles. The van der Waals surface area contributed by atoms with Gasteiger partial charge in [0.2, 0.25) is 10.0 Å². The van der Waals surface area contributed by atoms with Gasteiger partial charge in [0.1, 0.15) is 0 Å². The number of hydrogen-bond donors (Lipinski definition) is 1. The van der Waals surface area contributed by atoms with Crippen LogP contribution in [0.15, 0.2) is 29.2 Å². The lowest BCUT2D eigenvalue weighted by atomic mass is 10.3. The highest BCUT2D eigenvalue weighted by Crippen LogP contribution is 2.16. The molecule has 1 rings (SSSR count). The van der Waals surface area contributed by atoms with Gasteiger partial charge in [-0.1, -0.05) is 13.8 Å². The Morgan fingerprint density at radius 1 is 1.05 bits per heavy atom. The Morgan fingerprint density at radius 3 is 2.05 bits per heavy atom. The summed E-state index contributed by atoms with van der Waals surface area (Å²) in [7, 11) is -0.272. The van der Waals surface area contributed by atoms with Crippen molar-refractivity contribution in [1.29, 1.82) is 0 Å². The van der Waals surface area contributed by atoms with Crippen LogP contribution in [0.2, 0.25) is 0 Å². The third kappa shape index (κ3) is 4.47. The van der Waals surface area contributed by atoms with Gasteiger partial charge in [0, 0.05) is 32.9 Å². The first-order valence-electron chi connectivity index (χ1n) is 6.90. The Bertz CT molecular complexity index is 494. The standard InChI is InChI=1S/C14H25N3O2S/c1-5-17(6-2)12-11-15-13-7-9-14(10-8-13)20(18,19)16(3)4/h7-10,15H,5-6,11-12H2,1-4H3. The van der Waals surface area contributed by atoms with Crippen LogP contribution in [0.4, 0.5) is 5.69 Å². The lowest BCUT2D eigenvalue weighted by Gasteiger charge is -2.18. The van der Waals surface area contributed by atoms with Crippen LogP contribution in [0.3, 0.4) is 0 Å². The molecule has 6 heteroatoms. The van der Waals surface area contributed by atoms with Crippen molar-refractivity contribution in [2.24, 2.45) is 0 Å². The number of likely N-dealkylation sites (N-methyl/N-ethyl adjacent to an activating group) is 1. The fourth-order valence-corrected chi connectivity index (χ4v) is 2.76. The number of hydrogen-bond acceptors (Lipinski definition) is 4. The second kappa shape index (κ2) is 7.61. The number of nitrogens with one attached hydrogen (secondary N) is 1. The summed E-state index contributed by atoms with van der Waals surface area (Å²) >= 11 is 0. The largest absolute Gasteiger partial charge is 0.384 e. The maximum absolute atomic E-state index is 11.9. The van der Waals surface area contributed by atoms with E-state index >= 15 is 0 Å². The molecule has 0 aliphatic rings. The zero-order valence-electron chi connectivity index (χ0n) is 12.8. The van der Waals surface area contributed by atoms with Gasteiger partial charge in [-0.05, 0) is 37.4 Å². The van der Waals surface area contributed by atoms with E-state index in [1.165, 1.54) is 18.4 Å². The van der Waals surface area contributed by atoms with Gasteiger partial charge in [0.15, 0.2) is 0 Å². The van der Waals surface area contributed by atoms with Gasteiger partial charge in [0.05, 0.1) is 4.90 Å². The van der Waals surface area contributed by atoms with Crippen LogP contribution in [-0.2, 0) is 10.0 Å². The Balaban J connectivity index is 2.60. The Morgan fingerprint density at radius 2 is 1.60 bits per heavy atom. The lowest BCUT2D eigenvalue weighted by Crippen LogP contribution is -2.28. The molecule has 0 aliphatic heterocycles. The van der Waals surface area contributed by atoms with Gasteiger partial charge in [-0.2, -0.15) is 0 Å². The van der Waals surface area contributed by atoms with Crippen molar-refractivity contribution in [1.82, 2.24) is 9.21 Å². The molecule has 0 bridgehead atoms. The first-order chi connectivity index (χ1) is 9.41. The maximum Gasteiger partial charge on any atom is 0.242 e. The van der Waals surface area contributed by atoms with Gasteiger partial charge in [0.25, 0.3) is 0 Å². The molecule has 0 aliphatic carbocycles. The lowest BCUT2D eigenvalue weighted by molar-refractivity contribution is 0.316. The topological polar surface area (TPSA) is 52.7 Å². The number of rotatable bonds is 8. The minimum absolute atomic E-state index is 0.316. The summed E-state index contributed by atoms with van der Waals surface area (Å²) in [4.78, 5) is 2.65. The molecule has 0 saturated carbocycles. The quantitative estimate of drug-likeness (QED) is 0.794. The fraction of sp³-hybridized carbons (Fsp3) is 0.571. The van der Waals surface area contributed by atoms with Gasteiger partial charge in [-0.15, -0.1) is 0 Å². The zero-order chi connectivity index (χ0) is 15.2. The fourth-order valence-electron chi connectivity index (χ4n) is 1.85. The Labute approximate surface area is 122 Å². The van der Waals surface area contributed by atoms with Crippen LogP contribution in [-0.4, -0.2) is 57.9 Å². The van der Waals surface area contributed by atoms with Gasteiger partial charge < -0.3 is 10.2 Å². The van der Waals surface area contributed by atoms with Crippen molar-refractivity contribution < 1.29 is 8.42 Å². The Kier molecular flexibility index (Phi) is 6.45. The van der Waals surface area contributed by atoms with Crippen LogP contribution >= 0.6 is 0 Å². The van der Waals surface area contributed by atoms with Crippen molar-refractivity contribution in [2.45, 2.75) is 18.7 Å². The molecule has 0 fully saturated rings. The van der Waals surface area contributed by atoms with Crippen molar-refractivity contribution in [3.8, 4) is 0 Å². The molecule has 0 amide bonds. The highest BCUT2D eigenvalue weighted by Gasteiger charge is 2.16. The van der Waals surface area contributed by atoms with Crippen LogP contribution in [0.25, 0.3) is 0 Å². The SMILES string of the molecule is CCN(CC)CCNc1ccc(S(=O)(=O)N(C)C)cc1. The van der Waals surface area contributed by atoms with Crippen molar-refractivity contribution >= 4 is 15.7 Å². The second-order valence-electron chi connectivity index (χ2n) is 4.77. The van der Waals surface area contributed by atoms with Crippen LogP contribution in [0.1, 0.15) is 13.8 Å². The van der Waals surface area contributed by atoms with E-state index in [-0.39, 0.29) is 0 Å². The predicted octanol–water partition coefficient (Wildman–Crippen LogP) is 1.69. The minimum Gasteiger partial charge on any atom is -0.384 e. The molecule has 1 N–H and O–H groups in total. The normalized spacial score (nSPS) is 12.1. The van der Waals surface area contributed by atoms with E-state index in [0.717, 1.165) is 31.9 Å².